The molecule has 6 rings (SSSR count). The molecule has 2 unspecified atom stereocenters. The average molecular weight is 758 g/mol. The predicted octanol–water partition coefficient (Wildman–Crippen LogP) is 13.5. The van der Waals surface area contributed by atoms with E-state index in [2.05, 4.69) is 140 Å². The number of halogens is 2. The van der Waals surface area contributed by atoms with Crippen LogP contribution in [0.4, 0.5) is 0 Å². The maximum absolute atomic E-state index is 8.63. The second-order valence-electron chi connectivity index (χ2n) is 14.7. The van der Waals surface area contributed by atoms with E-state index in [1.807, 2.05) is 0 Å². The monoisotopic (exact) mass is 755 g/mol. The van der Waals surface area contributed by atoms with Crippen molar-refractivity contribution in [3.05, 3.63) is 128 Å². The Balaban J connectivity index is 1.53. The van der Waals surface area contributed by atoms with E-state index in [1.165, 1.54) is 77.9 Å². The van der Waals surface area contributed by atoms with Crippen LogP contribution in [-0.4, -0.2) is 5.92 Å². The second kappa shape index (κ2) is 13.4. The third kappa shape index (κ3) is 5.98. The Kier molecular flexibility index (Phi) is 9.94. The van der Waals surface area contributed by atoms with Gasteiger partial charge in [-0.25, -0.2) is 0 Å². The molecule has 0 aliphatic heterocycles. The van der Waals surface area contributed by atoms with E-state index in [0.717, 1.165) is 32.1 Å². The standard InChI is InChI=1S/C21H23.C20H21.C2H7Si.2ClH.Zr/c1-4-6-17-7-9-18(10-8-17)20-12-15(3)11-19-13-16(5-2)14-21(19)20;1-4-5-16-6-8-17(9-7-16)19-12-14(2)10-18-11-15(3)13-20(18)19;1-3-2;;;/h7-14H,4-6H2,1-3H3;6-13H,4-5H2,1-3H3;3H,1-2H3;2*1H;/q;;;;;+2/p-2. The van der Waals surface area contributed by atoms with Gasteiger partial charge in [0.25, 0.3) is 0 Å². The molecule has 0 radical (unpaired) electrons. The second-order valence-corrected chi connectivity index (χ2v) is 57.2. The van der Waals surface area contributed by atoms with Crippen molar-refractivity contribution in [2.45, 2.75) is 94.0 Å². The molecule has 0 fully saturated rings. The zero-order valence-electron chi connectivity index (χ0n) is 29.6. The summed E-state index contributed by atoms with van der Waals surface area (Å²) < 4.78 is 0.212. The number of allylic oxidation sites excluding steroid dienone is 2. The fourth-order valence-electron chi connectivity index (χ4n) is 8.76. The summed E-state index contributed by atoms with van der Waals surface area (Å²) in [6.45, 7) is 18.5. The van der Waals surface area contributed by atoms with Gasteiger partial charge in [0.15, 0.2) is 0 Å². The van der Waals surface area contributed by atoms with Gasteiger partial charge in [-0.05, 0) is 0 Å². The third-order valence-corrected chi connectivity index (χ3v) is 63.1. The molecule has 0 nitrogen and oxygen atoms in total. The van der Waals surface area contributed by atoms with Gasteiger partial charge >= 0.3 is 295 Å². The van der Waals surface area contributed by atoms with E-state index in [1.54, 1.807) is 0 Å². The van der Waals surface area contributed by atoms with Gasteiger partial charge in [-0.2, -0.15) is 0 Å². The molecular formula is C43H51Cl2SiZr. The molecule has 0 aromatic heterocycles. The van der Waals surface area contributed by atoms with E-state index >= 15 is 0 Å². The van der Waals surface area contributed by atoms with Gasteiger partial charge in [-0.3, -0.25) is 0 Å². The third-order valence-electron chi connectivity index (χ3n) is 11.1. The van der Waals surface area contributed by atoms with E-state index in [4.69, 9.17) is 17.0 Å². The number of fused-ring (bicyclic) bond motifs is 2. The fourth-order valence-corrected chi connectivity index (χ4v) is 41.0. The van der Waals surface area contributed by atoms with Gasteiger partial charge in [0.2, 0.25) is 0 Å². The Labute approximate surface area is 293 Å². The summed E-state index contributed by atoms with van der Waals surface area (Å²) in [6.07, 6.45) is 10.4. The molecule has 0 saturated heterocycles. The molecule has 4 aromatic carbocycles. The Morgan fingerprint density at radius 1 is 0.617 bits per heavy atom. The summed E-state index contributed by atoms with van der Waals surface area (Å²) in [4.78, 5) is 0. The quantitative estimate of drug-likeness (QED) is 0.141. The number of rotatable bonds is 10. The van der Waals surface area contributed by atoms with E-state index in [0.29, 0.717) is 0 Å². The molecular weight excluding hydrogens is 707 g/mol. The first kappa shape index (κ1) is 34.9. The van der Waals surface area contributed by atoms with Gasteiger partial charge in [0.05, 0.1) is 0 Å². The summed E-state index contributed by atoms with van der Waals surface area (Å²) in [5.41, 5.74) is 18.8. The predicted molar refractivity (Wildman–Crippen MR) is 209 cm³/mol. The minimum atomic E-state index is -4.79. The number of aryl methyl sites for hydroxylation is 4. The molecule has 2 atom stereocenters. The van der Waals surface area contributed by atoms with Crippen molar-refractivity contribution >= 4 is 35.1 Å². The Bertz CT molecular complexity index is 1880. The van der Waals surface area contributed by atoms with Crippen molar-refractivity contribution in [2.24, 2.45) is 0 Å². The topological polar surface area (TPSA) is 0 Å². The molecule has 0 spiro atoms. The van der Waals surface area contributed by atoms with Crippen LogP contribution in [0.15, 0.2) is 83.9 Å². The van der Waals surface area contributed by atoms with Crippen molar-refractivity contribution in [1.29, 1.82) is 0 Å². The molecule has 0 bridgehead atoms. The minimum absolute atomic E-state index is 0.0997. The SMILES string of the molecule is CCCc1ccc(-c2cc(C)cc3c2C=C(C)[CH]3[Zr]([Cl])([Cl])([CH]2C(CC)=Cc3c(-c4ccc(CCC)cc4)cc(C)cc32)[SiH](C)C)cc1. The summed E-state index contributed by atoms with van der Waals surface area (Å²) >= 11 is -4.79. The molecule has 2 aliphatic rings. The molecule has 0 saturated carbocycles. The fraction of sp³-hybridized carbons (Fsp3) is 0.349. The molecule has 4 aromatic rings. The van der Waals surface area contributed by atoms with Crippen LogP contribution in [0.1, 0.15) is 98.7 Å². The molecule has 2 aliphatic carbocycles. The first-order chi connectivity index (χ1) is 22.4. The molecule has 4 heteroatoms. The van der Waals surface area contributed by atoms with Crippen LogP contribution >= 0.6 is 17.0 Å². The van der Waals surface area contributed by atoms with Crippen LogP contribution in [0, 0.1) is 13.8 Å². The number of hydrogen-bond donors (Lipinski definition) is 0. The summed E-state index contributed by atoms with van der Waals surface area (Å²) in [6, 6.07) is 28.1. The zero-order chi connectivity index (χ0) is 33.7. The number of benzene rings is 4. The van der Waals surface area contributed by atoms with Crippen LogP contribution in [0.5, 0.6) is 0 Å². The molecule has 0 N–H and O–H groups in total. The van der Waals surface area contributed by atoms with Crippen molar-refractivity contribution in [3.8, 4) is 22.3 Å². The molecule has 0 heterocycles. The Hall–Kier alpha value is -1.96. The van der Waals surface area contributed by atoms with Gasteiger partial charge in [-0.15, -0.1) is 0 Å². The number of hydrogen-bond acceptors (Lipinski definition) is 0. The van der Waals surface area contributed by atoms with Gasteiger partial charge in [-0.1, -0.05) is 0 Å². The van der Waals surface area contributed by atoms with Crippen LogP contribution in [0.3, 0.4) is 0 Å². The summed E-state index contributed by atoms with van der Waals surface area (Å²) in [5.74, 6) is -1.61. The van der Waals surface area contributed by atoms with Gasteiger partial charge in [0, 0.05) is 0 Å². The Morgan fingerprint density at radius 2 is 1.06 bits per heavy atom. The maximum atomic E-state index is 8.63. The first-order valence-electron chi connectivity index (χ1n) is 17.8. The van der Waals surface area contributed by atoms with Crippen LogP contribution in [0.25, 0.3) is 34.4 Å². The zero-order valence-corrected chi connectivity index (χ0v) is 34.7. The first-order valence-corrected chi connectivity index (χ1v) is 34.2. The van der Waals surface area contributed by atoms with Crippen LogP contribution < -0.4 is 0 Å². The molecule has 47 heavy (non-hydrogen) atoms. The van der Waals surface area contributed by atoms with Crippen molar-refractivity contribution < 1.29 is 15.6 Å². The van der Waals surface area contributed by atoms with Gasteiger partial charge < -0.3 is 0 Å². The van der Waals surface area contributed by atoms with Crippen LogP contribution in [0.2, 0.25) is 13.1 Å². The van der Waals surface area contributed by atoms with E-state index in [9.17, 15) is 0 Å². The molecule has 245 valence electrons. The summed E-state index contributed by atoms with van der Waals surface area (Å²) in [7, 11) is 17.3. The van der Waals surface area contributed by atoms with Crippen LogP contribution in [-0.2, 0) is 28.4 Å². The average Bonchev–Trinajstić information content (AvgIpc) is 3.59. The van der Waals surface area contributed by atoms with E-state index in [-0.39, 0.29) is 7.25 Å². The van der Waals surface area contributed by atoms with Crippen molar-refractivity contribution in [3.63, 3.8) is 0 Å². The van der Waals surface area contributed by atoms with Crippen molar-refractivity contribution in [2.75, 3.05) is 0 Å². The molecule has 0 amide bonds. The summed E-state index contributed by atoms with van der Waals surface area (Å²) in [5, 5.41) is 0. The normalized spacial score (nSPS) is 18.1. The van der Waals surface area contributed by atoms with E-state index < -0.39 is 21.5 Å². The Morgan fingerprint density at radius 3 is 1.49 bits per heavy atom. The van der Waals surface area contributed by atoms with Crippen molar-refractivity contribution in [1.82, 2.24) is 0 Å². The van der Waals surface area contributed by atoms with Gasteiger partial charge in [0.1, 0.15) is 0 Å².